The van der Waals surface area contributed by atoms with Crippen LogP contribution in [-0.2, 0) is 14.3 Å². The van der Waals surface area contributed by atoms with Crippen molar-refractivity contribution < 1.29 is 24.5 Å². The lowest BCUT2D eigenvalue weighted by Crippen LogP contribution is -2.42. The third-order valence-corrected chi connectivity index (χ3v) is 3.50. The molecule has 1 unspecified atom stereocenters. The summed E-state index contributed by atoms with van der Waals surface area (Å²) in [4.78, 5) is 21.5. The molecule has 7 nitrogen and oxygen atoms in total. The first kappa shape index (κ1) is 16.6. The summed E-state index contributed by atoms with van der Waals surface area (Å²) in [7, 11) is 2.17. The van der Waals surface area contributed by atoms with Crippen molar-refractivity contribution in [2.24, 2.45) is 5.73 Å². The van der Waals surface area contributed by atoms with Crippen LogP contribution in [0.25, 0.3) is 0 Å². The summed E-state index contributed by atoms with van der Waals surface area (Å²) in [5.41, 5.74) is 5.99. The zero-order chi connectivity index (χ0) is 15.2. The molecule has 1 spiro atoms. The standard InChI is InChI=1S/C9H18N2O.C4H4O4/c1-11-4-2-9(3-5-11)6-8(10)7-12-9;5-3(6)1-2-4(7)8/h8H,2-7,10H2,1H3;1-2H,(H,5,6)(H,7,8)/b;2-1-. The fourth-order valence-corrected chi connectivity index (χ4v) is 2.40. The smallest absolute Gasteiger partial charge is 0.328 e. The van der Waals surface area contributed by atoms with Crippen molar-refractivity contribution >= 4 is 11.9 Å². The Morgan fingerprint density at radius 1 is 1.25 bits per heavy atom. The highest BCUT2D eigenvalue weighted by molar-refractivity contribution is 5.89. The number of hydrogen-bond acceptors (Lipinski definition) is 5. The lowest BCUT2D eigenvalue weighted by Gasteiger charge is -2.36. The zero-order valence-corrected chi connectivity index (χ0v) is 11.6. The Balaban J connectivity index is 0.000000221. The second-order valence-electron chi connectivity index (χ2n) is 5.27. The van der Waals surface area contributed by atoms with E-state index in [1.165, 1.54) is 0 Å². The summed E-state index contributed by atoms with van der Waals surface area (Å²) in [6.07, 6.45) is 4.51. The number of carbonyl (C=O) groups is 2. The van der Waals surface area contributed by atoms with Crippen molar-refractivity contribution in [3.8, 4) is 0 Å². The van der Waals surface area contributed by atoms with Gasteiger partial charge >= 0.3 is 11.9 Å². The molecule has 0 aliphatic carbocycles. The van der Waals surface area contributed by atoms with E-state index in [1.54, 1.807) is 0 Å². The third kappa shape index (κ3) is 5.68. The molecular weight excluding hydrogens is 264 g/mol. The Morgan fingerprint density at radius 2 is 1.75 bits per heavy atom. The van der Waals surface area contributed by atoms with Crippen LogP contribution in [0.15, 0.2) is 12.2 Å². The van der Waals surface area contributed by atoms with Crippen LogP contribution in [0.5, 0.6) is 0 Å². The predicted molar refractivity (Wildman–Crippen MR) is 72.4 cm³/mol. The van der Waals surface area contributed by atoms with Gasteiger partial charge in [0.25, 0.3) is 0 Å². The number of carboxylic acids is 2. The Labute approximate surface area is 118 Å². The minimum Gasteiger partial charge on any atom is -0.478 e. The number of carboxylic acid groups (broad SMARTS) is 2. The van der Waals surface area contributed by atoms with Crippen LogP contribution >= 0.6 is 0 Å². The Bertz CT molecular complexity index is 359. The van der Waals surface area contributed by atoms with Crippen molar-refractivity contribution in [2.75, 3.05) is 26.7 Å². The van der Waals surface area contributed by atoms with Crippen molar-refractivity contribution in [3.05, 3.63) is 12.2 Å². The second kappa shape index (κ2) is 7.37. The number of rotatable bonds is 2. The number of aliphatic carboxylic acids is 2. The van der Waals surface area contributed by atoms with Crippen LogP contribution in [-0.4, -0.2) is 65.4 Å². The first-order valence-corrected chi connectivity index (χ1v) is 6.55. The number of likely N-dealkylation sites (tertiary alicyclic amines) is 1. The topological polar surface area (TPSA) is 113 Å². The summed E-state index contributed by atoms with van der Waals surface area (Å²) >= 11 is 0. The molecule has 0 amide bonds. The molecule has 20 heavy (non-hydrogen) atoms. The molecule has 2 saturated heterocycles. The van der Waals surface area contributed by atoms with Gasteiger partial charge in [-0.2, -0.15) is 0 Å². The molecule has 0 aromatic rings. The highest BCUT2D eigenvalue weighted by Crippen LogP contribution is 2.34. The van der Waals surface area contributed by atoms with Crippen LogP contribution in [0.2, 0.25) is 0 Å². The number of ether oxygens (including phenoxy) is 1. The van der Waals surface area contributed by atoms with Gasteiger partial charge in [-0.15, -0.1) is 0 Å². The average molecular weight is 286 g/mol. The van der Waals surface area contributed by atoms with E-state index in [0.29, 0.717) is 12.2 Å². The molecule has 2 rings (SSSR count). The van der Waals surface area contributed by atoms with Gasteiger partial charge in [0, 0.05) is 31.3 Å². The summed E-state index contributed by atoms with van der Waals surface area (Å²) in [5, 5.41) is 15.6. The summed E-state index contributed by atoms with van der Waals surface area (Å²) in [6, 6.07) is 0.286. The van der Waals surface area contributed by atoms with E-state index in [9.17, 15) is 9.59 Å². The minimum atomic E-state index is -1.26. The van der Waals surface area contributed by atoms with Crippen molar-refractivity contribution in [3.63, 3.8) is 0 Å². The predicted octanol–water partition coefficient (Wildman–Crippen LogP) is -0.0898. The maximum atomic E-state index is 9.55. The third-order valence-electron chi connectivity index (χ3n) is 3.50. The summed E-state index contributed by atoms with van der Waals surface area (Å²) in [5.74, 6) is -2.51. The molecule has 7 heteroatoms. The molecule has 0 aromatic carbocycles. The molecule has 2 aliphatic rings. The van der Waals surface area contributed by atoms with Gasteiger partial charge in [-0.1, -0.05) is 0 Å². The van der Waals surface area contributed by atoms with Gasteiger partial charge < -0.3 is 25.6 Å². The van der Waals surface area contributed by atoms with Gasteiger partial charge in [-0.3, -0.25) is 0 Å². The molecule has 2 fully saturated rings. The molecule has 2 heterocycles. The van der Waals surface area contributed by atoms with Crippen LogP contribution in [0.3, 0.4) is 0 Å². The number of nitrogens with two attached hydrogens (primary N) is 1. The van der Waals surface area contributed by atoms with Crippen LogP contribution in [0.4, 0.5) is 0 Å². The van der Waals surface area contributed by atoms with Gasteiger partial charge in [0.1, 0.15) is 0 Å². The monoisotopic (exact) mass is 286 g/mol. The Kier molecular flexibility index (Phi) is 6.12. The van der Waals surface area contributed by atoms with Crippen molar-refractivity contribution in [2.45, 2.75) is 30.9 Å². The van der Waals surface area contributed by atoms with Crippen molar-refractivity contribution in [1.29, 1.82) is 0 Å². The van der Waals surface area contributed by atoms with Crippen LogP contribution in [0.1, 0.15) is 19.3 Å². The maximum absolute atomic E-state index is 9.55. The van der Waals surface area contributed by atoms with E-state index in [4.69, 9.17) is 20.7 Å². The maximum Gasteiger partial charge on any atom is 0.328 e. The molecule has 0 bridgehead atoms. The van der Waals surface area contributed by atoms with Gasteiger partial charge in [0.05, 0.1) is 12.2 Å². The minimum absolute atomic E-state index is 0.159. The number of hydrogen-bond donors (Lipinski definition) is 3. The molecule has 114 valence electrons. The molecule has 0 aromatic heterocycles. The van der Waals surface area contributed by atoms with E-state index in [2.05, 4.69) is 11.9 Å². The van der Waals surface area contributed by atoms with Gasteiger partial charge in [0.15, 0.2) is 0 Å². The van der Waals surface area contributed by atoms with Crippen LogP contribution < -0.4 is 5.73 Å². The highest BCUT2D eigenvalue weighted by Gasteiger charge is 2.40. The number of nitrogens with zero attached hydrogens (tertiary/aromatic N) is 1. The first-order chi connectivity index (χ1) is 9.33. The van der Waals surface area contributed by atoms with Crippen molar-refractivity contribution in [1.82, 2.24) is 4.90 Å². The first-order valence-electron chi connectivity index (χ1n) is 6.55. The summed E-state index contributed by atoms with van der Waals surface area (Å²) < 4.78 is 5.79. The lowest BCUT2D eigenvalue weighted by atomic mass is 9.88. The van der Waals surface area contributed by atoms with E-state index in [1.807, 2.05) is 0 Å². The van der Waals surface area contributed by atoms with E-state index < -0.39 is 11.9 Å². The largest absolute Gasteiger partial charge is 0.478 e. The quantitative estimate of drug-likeness (QED) is 0.608. The Hall–Kier alpha value is -1.44. The molecule has 0 radical (unpaired) electrons. The average Bonchev–Trinajstić information content (AvgIpc) is 2.73. The normalized spacial score (nSPS) is 25.4. The molecule has 1 atom stereocenters. The fraction of sp³-hybridized carbons (Fsp3) is 0.692. The van der Waals surface area contributed by atoms with Gasteiger partial charge in [-0.25, -0.2) is 9.59 Å². The van der Waals surface area contributed by atoms with Crippen LogP contribution in [0, 0.1) is 0 Å². The van der Waals surface area contributed by atoms with E-state index >= 15 is 0 Å². The second-order valence-corrected chi connectivity index (χ2v) is 5.27. The Morgan fingerprint density at radius 3 is 2.10 bits per heavy atom. The number of piperidine rings is 1. The SMILES string of the molecule is CN1CCC2(CC1)CC(N)CO2.O=C(O)/C=C\C(=O)O. The lowest BCUT2D eigenvalue weighted by molar-refractivity contribution is -0.134. The zero-order valence-electron chi connectivity index (χ0n) is 11.6. The van der Waals surface area contributed by atoms with Gasteiger partial charge in [-0.05, 0) is 26.3 Å². The molecular formula is C13H22N2O5. The summed E-state index contributed by atoms with van der Waals surface area (Å²) in [6.45, 7) is 3.09. The molecule has 2 aliphatic heterocycles. The molecule has 0 saturated carbocycles. The fourth-order valence-electron chi connectivity index (χ4n) is 2.40. The van der Waals surface area contributed by atoms with E-state index in [-0.39, 0.29) is 11.6 Å². The molecule has 4 N–H and O–H groups in total. The van der Waals surface area contributed by atoms with E-state index in [0.717, 1.165) is 39.0 Å². The highest BCUT2D eigenvalue weighted by atomic mass is 16.5. The van der Waals surface area contributed by atoms with Gasteiger partial charge in [0.2, 0.25) is 0 Å².